The Morgan fingerprint density at radius 1 is 1.11 bits per heavy atom. The zero-order valence-electron chi connectivity index (χ0n) is 19.7. The van der Waals surface area contributed by atoms with E-state index < -0.39 is 0 Å². The van der Waals surface area contributed by atoms with Gasteiger partial charge in [-0.2, -0.15) is 9.67 Å². The summed E-state index contributed by atoms with van der Waals surface area (Å²) in [4.78, 5) is 12.6. The van der Waals surface area contributed by atoms with Crippen LogP contribution in [0.3, 0.4) is 0 Å². The number of aromatic nitrogens is 3. The predicted octanol–water partition coefficient (Wildman–Crippen LogP) is 4.11. The van der Waals surface area contributed by atoms with E-state index in [0.29, 0.717) is 22.3 Å². The molecule has 3 aromatic carbocycles. The number of ether oxygens (including phenoxy) is 1. The van der Waals surface area contributed by atoms with Crippen molar-refractivity contribution in [1.29, 1.82) is 0 Å². The molecule has 184 valence electrons. The number of hydrogen-bond donors (Lipinski definition) is 2. The number of nitrogens with zero attached hydrogens (tertiary/aromatic N) is 3. The summed E-state index contributed by atoms with van der Waals surface area (Å²) in [7, 11) is 1.62. The van der Waals surface area contributed by atoms with Crippen molar-refractivity contribution >= 4 is 35.0 Å². The Morgan fingerprint density at radius 2 is 1.81 bits per heavy atom. The average molecular weight is 522 g/mol. The second kappa shape index (κ2) is 11.7. The van der Waals surface area contributed by atoms with E-state index in [-0.39, 0.29) is 17.4 Å². The zero-order chi connectivity index (χ0) is 25.5. The van der Waals surface area contributed by atoms with E-state index in [9.17, 15) is 9.90 Å². The number of H-pyrrole nitrogens is 1. The first kappa shape index (κ1) is 25.3. The Hall–Kier alpha value is -3.82. The van der Waals surface area contributed by atoms with Crippen molar-refractivity contribution in [3.05, 3.63) is 83.4 Å². The fourth-order valence-corrected chi connectivity index (χ4v) is 4.34. The van der Waals surface area contributed by atoms with Crippen LogP contribution in [0, 0.1) is 0 Å². The standard InChI is InChI=1S/C26H24ClN5O3S/c1-3-23(17-4-12-21(33)13-5-17)28-29-24(34)16-36-26-31-30-25(18-6-14-22(35-2)15-7-18)32(26)20-10-8-19(27)9-11-20/h4-15H,3,16H2,1-2H3,(H2,28,29,33,34). The van der Waals surface area contributed by atoms with Crippen molar-refractivity contribution in [2.75, 3.05) is 12.9 Å². The first-order valence-electron chi connectivity index (χ1n) is 11.1. The lowest BCUT2D eigenvalue weighted by Crippen LogP contribution is -2.34. The lowest BCUT2D eigenvalue weighted by atomic mass is 10.1. The molecule has 10 heteroatoms. The molecule has 4 aromatic rings. The van der Waals surface area contributed by atoms with E-state index in [1.165, 1.54) is 23.9 Å². The van der Waals surface area contributed by atoms with Gasteiger partial charge in [-0.3, -0.25) is 4.79 Å². The third-order valence-corrected chi connectivity index (χ3v) is 6.48. The number of rotatable bonds is 9. The Bertz CT molecular complexity index is 1350. The molecule has 0 fully saturated rings. The number of halogens is 1. The molecule has 0 aliphatic heterocycles. The molecule has 0 bridgehead atoms. The van der Waals surface area contributed by atoms with Crippen LogP contribution in [0.4, 0.5) is 0 Å². The Balaban J connectivity index is 1.54. The molecular weight excluding hydrogens is 498 g/mol. The molecule has 4 rings (SSSR count). The first-order valence-corrected chi connectivity index (χ1v) is 12.5. The maximum Gasteiger partial charge on any atom is 0.342 e. The number of hydrogen-bond acceptors (Lipinski definition) is 6. The molecule has 1 aromatic heterocycles. The van der Waals surface area contributed by atoms with E-state index in [1.807, 2.05) is 47.9 Å². The van der Waals surface area contributed by atoms with Gasteiger partial charge in [0.05, 0.1) is 29.2 Å². The molecule has 0 spiro atoms. The molecule has 0 unspecified atom stereocenters. The van der Waals surface area contributed by atoms with Gasteiger partial charge in [0.2, 0.25) is 0 Å². The van der Waals surface area contributed by atoms with Gasteiger partial charge in [0.25, 0.3) is 11.7 Å². The van der Waals surface area contributed by atoms with E-state index in [1.54, 1.807) is 31.4 Å². The summed E-state index contributed by atoms with van der Waals surface area (Å²) in [5.41, 5.74) is 5.83. The number of carbonyl (C=O) groups excluding carboxylic acids is 1. The van der Waals surface area contributed by atoms with Gasteiger partial charge in [-0.1, -0.05) is 42.8 Å². The number of amides is 1. The van der Waals surface area contributed by atoms with E-state index in [2.05, 4.69) is 20.7 Å². The second-order valence-electron chi connectivity index (χ2n) is 7.66. The molecular formula is C26H24ClN5O3S. The van der Waals surface area contributed by atoms with Gasteiger partial charge in [0.1, 0.15) is 11.4 Å². The molecule has 0 saturated carbocycles. The van der Waals surface area contributed by atoms with Gasteiger partial charge < -0.3 is 9.84 Å². The number of methoxy groups -OCH3 is 1. The number of hydrazone groups is 1. The molecule has 0 aliphatic rings. The van der Waals surface area contributed by atoms with Crippen molar-refractivity contribution in [3.8, 4) is 28.6 Å². The highest BCUT2D eigenvalue weighted by molar-refractivity contribution is 7.99. The highest BCUT2D eigenvalue weighted by Crippen LogP contribution is 2.23. The summed E-state index contributed by atoms with van der Waals surface area (Å²) in [5, 5.41) is 24.4. The fraction of sp³-hybridized carbons (Fsp3) is 0.154. The average Bonchev–Trinajstić information content (AvgIpc) is 3.33. The molecule has 0 radical (unpaired) electrons. The number of thioether (sulfide) groups is 1. The number of nitrogens with one attached hydrogen (secondary N) is 2. The minimum absolute atomic E-state index is 0.0726. The maximum absolute atomic E-state index is 12.6. The summed E-state index contributed by atoms with van der Waals surface area (Å²) >= 11 is 7.37. The van der Waals surface area contributed by atoms with E-state index in [0.717, 1.165) is 28.4 Å². The fourth-order valence-electron chi connectivity index (χ4n) is 3.45. The van der Waals surface area contributed by atoms with Crippen molar-refractivity contribution in [2.24, 2.45) is 5.10 Å². The third kappa shape index (κ3) is 6.05. The Kier molecular flexibility index (Phi) is 8.24. The van der Waals surface area contributed by atoms with Crippen LogP contribution in [0.15, 0.2) is 83.1 Å². The van der Waals surface area contributed by atoms with Crippen LogP contribution in [-0.4, -0.2) is 34.7 Å². The van der Waals surface area contributed by atoms with Gasteiger partial charge in [0, 0.05) is 5.02 Å². The number of carbonyl (C=O) groups is 1. The van der Waals surface area contributed by atoms with Crippen LogP contribution in [0.2, 0.25) is 5.02 Å². The minimum Gasteiger partial charge on any atom is -0.872 e. The summed E-state index contributed by atoms with van der Waals surface area (Å²) < 4.78 is 7.20. The Labute approximate surface area is 218 Å². The molecule has 1 amide bonds. The largest absolute Gasteiger partial charge is 0.872 e. The smallest absolute Gasteiger partial charge is 0.342 e. The van der Waals surface area contributed by atoms with Crippen LogP contribution in [0.1, 0.15) is 18.9 Å². The highest BCUT2D eigenvalue weighted by Gasteiger charge is 2.24. The van der Waals surface area contributed by atoms with Gasteiger partial charge in [-0.05, 0) is 72.3 Å². The van der Waals surface area contributed by atoms with Crippen LogP contribution in [0.25, 0.3) is 17.1 Å². The molecule has 0 atom stereocenters. The van der Waals surface area contributed by atoms with E-state index >= 15 is 0 Å². The number of aromatic amines is 1. The van der Waals surface area contributed by atoms with E-state index in [4.69, 9.17) is 16.3 Å². The zero-order valence-corrected chi connectivity index (χ0v) is 21.3. The Morgan fingerprint density at radius 3 is 2.44 bits per heavy atom. The summed E-state index contributed by atoms with van der Waals surface area (Å²) in [5.74, 6) is 1.25. The van der Waals surface area contributed by atoms with Gasteiger partial charge in [-0.25, -0.2) is 5.43 Å². The summed E-state index contributed by atoms with van der Waals surface area (Å²) in [6.07, 6.45) is 0.604. The van der Waals surface area contributed by atoms with Crippen molar-refractivity contribution in [2.45, 2.75) is 18.5 Å². The van der Waals surface area contributed by atoms with Crippen LogP contribution in [-0.2, 0) is 4.79 Å². The van der Waals surface area contributed by atoms with Crippen molar-refractivity contribution in [1.82, 2.24) is 15.6 Å². The second-order valence-corrected chi connectivity index (χ2v) is 9.03. The van der Waals surface area contributed by atoms with Gasteiger partial charge in [0.15, 0.2) is 0 Å². The molecule has 0 aliphatic carbocycles. The molecule has 0 saturated heterocycles. The van der Waals surface area contributed by atoms with Crippen LogP contribution >= 0.6 is 23.4 Å². The molecule has 2 N–H and O–H groups in total. The molecule has 36 heavy (non-hydrogen) atoms. The lowest BCUT2D eigenvalue weighted by Gasteiger charge is -2.08. The van der Waals surface area contributed by atoms with Gasteiger partial charge >= 0.3 is 5.16 Å². The third-order valence-electron chi connectivity index (χ3n) is 5.29. The van der Waals surface area contributed by atoms with Crippen LogP contribution in [0.5, 0.6) is 11.5 Å². The van der Waals surface area contributed by atoms with Crippen LogP contribution < -0.4 is 19.8 Å². The number of benzene rings is 3. The molecule has 8 nitrogen and oxygen atoms in total. The molecule has 1 heterocycles. The first-order chi connectivity index (χ1) is 17.5. The quantitative estimate of drug-likeness (QED) is 0.149. The van der Waals surface area contributed by atoms with Crippen molar-refractivity contribution in [3.63, 3.8) is 0 Å². The predicted molar refractivity (Wildman–Crippen MR) is 139 cm³/mol. The highest BCUT2D eigenvalue weighted by atomic mass is 35.5. The lowest BCUT2D eigenvalue weighted by molar-refractivity contribution is -0.625. The SMILES string of the molecule is CCC(=NNC(=O)CSc1n[nH]c(-c2ccc(OC)cc2)[n+]1-c1ccc(Cl)cc1)c1ccc([O-])cc1. The normalized spacial score (nSPS) is 11.4. The summed E-state index contributed by atoms with van der Waals surface area (Å²) in [6.45, 7) is 1.93. The minimum atomic E-state index is -0.275. The maximum atomic E-state index is 12.6. The van der Waals surface area contributed by atoms with Gasteiger partial charge in [-0.15, -0.1) is 10.8 Å². The summed E-state index contributed by atoms with van der Waals surface area (Å²) in [6, 6.07) is 21.3. The topological polar surface area (TPSA) is 106 Å². The monoisotopic (exact) mass is 521 g/mol. The van der Waals surface area contributed by atoms with Crippen molar-refractivity contribution < 1.29 is 19.2 Å².